The normalized spacial score (nSPS) is 17.0. The molecule has 0 spiro atoms. The van der Waals surface area contributed by atoms with Gasteiger partial charge in [0.15, 0.2) is 0 Å². The van der Waals surface area contributed by atoms with Crippen molar-refractivity contribution in [3.63, 3.8) is 0 Å². The first-order valence-electron chi connectivity index (χ1n) is 8.05. The molecule has 3 heteroatoms. The quantitative estimate of drug-likeness (QED) is 0.790. The number of thiophene rings is 1. The van der Waals surface area contributed by atoms with Gasteiger partial charge in [0, 0.05) is 16.3 Å². The SMILES string of the molecule is Cc1sc(CNCC(C)C)cc1COC1CCCCC1. The largest absolute Gasteiger partial charge is 0.374 e. The fourth-order valence-corrected chi connectivity index (χ4v) is 3.76. The van der Waals surface area contributed by atoms with Gasteiger partial charge < -0.3 is 10.1 Å². The number of ether oxygens (including phenoxy) is 1. The molecule has 1 aromatic rings. The molecule has 0 radical (unpaired) electrons. The summed E-state index contributed by atoms with van der Waals surface area (Å²) in [6, 6.07) is 2.33. The van der Waals surface area contributed by atoms with Gasteiger partial charge in [-0.1, -0.05) is 33.1 Å². The van der Waals surface area contributed by atoms with Crippen molar-refractivity contribution in [2.24, 2.45) is 5.92 Å². The van der Waals surface area contributed by atoms with Crippen LogP contribution < -0.4 is 5.32 Å². The summed E-state index contributed by atoms with van der Waals surface area (Å²) < 4.78 is 6.09. The van der Waals surface area contributed by atoms with Crippen LogP contribution in [0.4, 0.5) is 0 Å². The predicted molar refractivity (Wildman–Crippen MR) is 87.3 cm³/mol. The van der Waals surface area contributed by atoms with Crippen LogP contribution in [0.3, 0.4) is 0 Å². The second-order valence-corrected chi connectivity index (χ2v) is 7.73. The molecule has 0 unspecified atom stereocenters. The van der Waals surface area contributed by atoms with E-state index in [0.29, 0.717) is 12.0 Å². The fourth-order valence-electron chi connectivity index (χ4n) is 2.74. The van der Waals surface area contributed by atoms with Crippen molar-refractivity contribution < 1.29 is 4.74 Å². The summed E-state index contributed by atoms with van der Waals surface area (Å²) in [7, 11) is 0. The molecule has 2 nitrogen and oxygen atoms in total. The van der Waals surface area contributed by atoms with Crippen molar-refractivity contribution in [3.8, 4) is 0 Å². The van der Waals surface area contributed by atoms with E-state index < -0.39 is 0 Å². The second-order valence-electron chi connectivity index (χ2n) is 6.39. The van der Waals surface area contributed by atoms with E-state index in [4.69, 9.17) is 4.74 Å². The first-order valence-corrected chi connectivity index (χ1v) is 8.87. The lowest BCUT2D eigenvalue weighted by atomic mass is 9.98. The minimum atomic E-state index is 0.505. The van der Waals surface area contributed by atoms with E-state index in [2.05, 4.69) is 32.2 Å². The fraction of sp³-hybridized carbons (Fsp3) is 0.765. The molecule has 1 N–H and O–H groups in total. The minimum Gasteiger partial charge on any atom is -0.374 e. The van der Waals surface area contributed by atoms with Crippen molar-refractivity contribution in [1.29, 1.82) is 0 Å². The topological polar surface area (TPSA) is 21.3 Å². The van der Waals surface area contributed by atoms with Gasteiger partial charge in [0.1, 0.15) is 0 Å². The summed E-state index contributed by atoms with van der Waals surface area (Å²) in [6.07, 6.45) is 7.10. The molecule has 0 amide bonds. The third kappa shape index (κ3) is 5.19. The van der Waals surface area contributed by atoms with Gasteiger partial charge in [-0.25, -0.2) is 0 Å². The maximum atomic E-state index is 6.09. The Morgan fingerprint density at radius 3 is 2.75 bits per heavy atom. The lowest BCUT2D eigenvalue weighted by Gasteiger charge is -2.21. The van der Waals surface area contributed by atoms with Gasteiger partial charge >= 0.3 is 0 Å². The standard InChI is InChI=1S/C17H29NOS/c1-13(2)10-18-11-17-9-15(14(3)20-17)12-19-16-7-5-4-6-8-16/h9,13,16,18H,4-8,10-12H2,1-3H3. The minimum absolute atomic E-state index is 0.505. The summed E-state index contributed by atoms with van der Waals surface area (Å²) in [6.45, 7) is 9.59. The summed E-state index contributed by atoms with van der Waals surface area (Å²) >= 11 is 1.91. The lowest BCUT2D eigenvalue weighted by Crippen LogP contribution is -2.18. The van der Waals surface area contributed by atoms with Gasteiger partial charge in [0.05, 0.1) is 12.7 Å². The molecule has 1 aromatic heterocycles. The summed E-state index contributed by atoms with van der Waals surface area (Å²) in [4.78, 5) is 2.85. The predicted octanol–water partition coefficient (Wildman–Crippen LogP) is 4.65. The molecule has 114 valence electrons. The number of aryl methyl sites for hydroxylation is 1. The van der Waals surface area contributed by atoms with E-state index in [0.717, 1.165) is 19.7 Å². The van der Waals surface area contributed by atoms with E-state index in [1.165, 1.54) is 47.4 Å². The van der Waals surface area contributed by atoms with Crippen molar-refractivity contribution in [1.82, 2.24) is 5.32 Å². The van der Waals surface area contributed by atoms with Gasteiger partial charge in [-0.3, -0.25) is 0 Å². The highest BCUT2D eigenvalue weighted by Gasteiger charge is 2.14. The zero-order valence-electron chi connectivity index (χ0n) is 13.2. The molecule has 0 saturated heterocycles. The summed E-state index contributed by atoms with van der Waals surface area (Å²) in [5, 5.41) is 3.52. The van der Waals surface area contributed by atoms with Gasteiger partial charge in [0.25, 0.3) is 0 Å². The molecule has 1 fully saturated rings. The third-order valence-electron chi connectivity index (χ3n) is 3.95. The molecule has 2 rings (SSSR count). The molecule has 0 aromatic carbocycles. The number of rotatable bonds is 7. The molecule has 1 aliphatic carbocycles. The first kappa shape index (κ1) is 16.0. The average molecular weight is 295 g/mol. The summed E-state index contributed by atoms with van der Waals surface area (Å²) in [5.74, 6) is 0.713. The van der Waals surface area contributed by atoms with E-state index in [1.807, 2.05) is 11.3 Å². The Kier molecular flexibility index (Phi) is 6.53. The Hall–Kier alpha value is -0.380. The smallest absolute Gasteiger partial charge is 0.0731 e. The van der Waals surface area contributed by atoms with Gasteiger partial charge in [-0.2, -0.15) is 0 Å². The molecule has 20 heavy (non-hydrogen) atoms. The molecule has 0 aliphatic heterocycles. The van der Waals surface area contributed by atoms with E-state index >= 15 is 0 Å². The molecule has 1 saturated carbocycles. The molecule has 0 bridgehead atoms. The van der Waals surface area contributed by atoms with Crippen LogP contribution in [-0.2, 0) is 17.9 Å². The van der Waals surface area contributed by atoms with Crippen LogP contribution in [-0.4, -0.2) is 12.6 Å². The maximum absolute atomic E-state index is 6.09. The van der Waals surface area contributed by atoms with Crippen molar-refractivity contribution >= 4 is 11.3 Å². The van der Waals surface area contributed by atoms with Crippen molar-refractivity contribution in [3.05, 3.63) is 21.4 Å². The Labute approximate surface area is 127 Å². The monoisotopic (exact) mass is 295 g/mol. The zero-order chi connectivity index (χ0) is 14.4. The first-order chi connectivity index (χ1) is 9.65. The van der Waals surface area contributed by atoms with Crippen LogP contribution in [0.5, 0.6) is 0 Å². The van der Waals surface area contributed by atoms with E-state index in [-0.39, 0.29) is 0 Å². The molecular weight excluding hydrogens is 266 g/mol. The maximum Gasteiger partial charge on any atom is 0.0731 e. The number of nitrogens with one attached hydrogen (secondary N) is 1. The molecular formula is C17H29NOS. The van der Waals surface area contributed by atoms with Crippen LogP contribution >= 0.6 is 11.3 Å². The molecule has 1 heterocycles. The van der Waals surface area contributed by atoms with Crippen LogP contribution in [0, 0.1) is 12.8 Å². The van der Waals surface area contributed by atoms with Gasteiger partial charge in [-0.15, -0.1) is 11.3 Å². The highest BCUT2D eigenvalue weighted by atomic mass is 32.1. The Morgan fingerprint density at radius 1 is 1.30 bits per heavy atom. The molecule has 0 atom stereocenters. The van der Waals surface area contributed by atoms with Crippen molar-refractivity contribution in [2.45, 2.75) is 72.1 Å². The second kappa shape index (κ2) is 8.16. The third-order valence-corrected chi connectivity index (χ3v) is 5.04. The molecule has 1 aliphatic rings. The zero-order valence-corrected chi connectivity index (χ0v) is 14.0. The lowest BCUT2D eigenvalue weighted by molar-refractivity contribution is 0.0168. The van der Waals surface area contributed by atoms with E-state index in [9.17, 15) is 0 Å². The van der Waals surface area contributed by atoms with Crippen LogP contribution in [0.15, 0.2) is 6.07 Å². The number of hydrogen-bond donors (Lipinski definition) is 1. The highest BCUT2D eigenvalue weighted by Crippen LogP contribution is 2.25. The van der Waals surface area contributed by atoms with Crippen LogP contribution in [0.2, 0.25) is 0 Å². The van der Waals surface area contributed by atoms with Gasteiger partial charge in [-0.05, 0) is 43.9 Å². The van der Waals surface area contributed by atoms with Crippen molar-refractivity contribution in [2.75, 3.05) is 6.54 Å². The van der Waals surface area contributed by atoms with Crippen LogP contribution in [0.1, 0.15) is 61.3 Å². The average Bonchev–Trinajstić information content (AvgIpc) is 2.78. The Bertz CT molecular complexity index is 394. The number of hydrogen-bond acceptors (Lipinski definition) is 3. The Morgan fingerprint density at radius 2 is 2.05 bits per heavy atom. The summed E-state index contributed by atoms with van der Waals surface area (Å²) in [5.41, 5.74) is 1.39. The van der Waals surface area contributed by atoms with Gasteiger partial charge in [0.2, 0.25) is 0 Å². The van der Waals surface area contributed by atoms with Crippen LogP contribution in [0.25, 0.3) is 0 Å². The highest BCUT2D eigenvalue weighted by molar-refractivity contribution is 7.12. The Balaban J connectivity index is 1.77. The van der Waals surface area contributed by atoms with E-state index in [1.54, 1.807) is 0 Å².